The molecule has 6 heterocycles. The molecule has 5 nitrogen and oxygen atoms in total. The molecule has 0 spiro atoms. The van der Waals surface area contributed by atoms with E-state index in [1.165, 1.54) is 87.5 Å². The number of anilines is 6. The van der Waals surface area contributed by atoms with Crippen LogP contribution in [0.2, 0.25) is 0 Å². The Hall–Kier alpha value is -13.4. The van der Waals surface area contributed by atoms with E-state index in [-0.39, 0.29) is 23.0 Å². The van der Waals surface area contributed by atoms with Crippen molar-refractivity contribution in [2.75, 3.05) is 9.80 Å². The molecule has 0 atom stereocenters. The van der Waals surface area contributed by atoms with Crippen LogP contribution in [0.1, 0.15) is 79.0 Å². The number of para-hydroxylation sites is 5. The molecule has 6 heteroatoms. The lowest BCUT2D eigenvalue weighted by molar-refractivity contribution is 0.590. The maximum atomic E-state index is 2.76. The van der Waals surface area contributed by atoms with Crippen molar-refractivity contribution in [2.24, 2.45) is 0 Å². The topological polar surface area (TPSA) is 21.3 Å². The van der Waals surface area contributed by atoms with Crippen LogP contribution >= 0.6 is 0 Å². The highest BCUT2D eigenvalue weighted by molar-refractivity contribution is 7.00. The second-order valence-electron chi connectivity index (χ2n) is 34.9. The Bertz CT molecular complexity index is 6730. The van der Waals surface area contributed by atoms with Crippen LogP contribution in [0.3, 0.4) is 0 Å². The van der Waals surface area contributed by atoms with Gasteiger partial charge in [0.05, 0.1) is 44.5 Å². The number of hydrogen-bond acceptors (Lipinski definition) is 2. The van der Waals surface area contributed by atoms with Crippen LogP contribution < -0.4 is 26.2 Å². The summed E-state index contributed by atoms with van der Waals surface area (Å²) in [5.74, 6) is 0. The molecule has 0 N–H and O–H groups in total. The van der Waals surface area contributed by atoms with Gasteiger partial charge in [-0.3, -0.25) is 0 Å². The molecule has 3 aliphatic rings. The van der Waals surface area contributed by atoms with E-state index in [1.54, 1.807) is 0 Å². The first kappa shape index (κ1) is 67.5. The molecule has 13 bridgehead atoms. The van der Waals surface area contributed by atoms with Gasteiger partial charge in [-0.25, -0.2) is 0 Å². The van der Waals surface area contributed by atoms with Gasteiger partial charge in [0.15, 0.2) is 0 Å². The van der Waals surface area contributed by atoms with E-state index in [9.17, 15) is 0 Å². The molecule has 16 aromatic carbocycles. The Labute approximate surface area is 666 Å². The molecule has 0 saturated heterocycles. The molecule has 0 radical (unpaired) electrons. The van der Waals surface area contributed by atoms with Crippen molar-refractivity contribution in [3.8, 4) is 83.8 Å². The third kappa shape index (κ3) is 10.4. The second-order valence-corrected chi connectivity index (χ2v) is 34.9. The summed E-state index contributed by atoms with van der Waals surface area (Å²) >= 11 is 0. The zero-order valence-electron chi connectivity index (χ0n) is 65.7. The van der Waals surface area contributed by atoms with E-state index in [0.717, 1.165) is 129 Å². The number of rotatable bonds is 5. The minimum atomic E-state index is -0.366. The van der Waals surface area contributed by atoms with Gasteiger partial charge >= 0.3 is 0 Å². The maximum Gasteiger partial charge on any atom is 0.252 e. The minimum Gasteiger partial charge on any atom is -0.310 e. The van der Waals surface area contributed by atoms with Gasteiger partial charge in [0.25, 0.3) is 6.71 Å². The molecule has 0 amide bonds. The standard InChI is InChI=1S/C108H84BN5/c1-106(2,3)75-59-85(67-29-13-10-14-30-67)104-87(61-75)73-35-27-33-69(55-73)71-47-53-97-89(57-71)90-58-72(48-54-98(90)110(97)78-37-17-12-18-38-78)70-34-28-36-74(56-70)88-62-76(107(4,5)6)60-86(68-31-15-11-16-32-68)105(88)114-100-66-80(112-95-45-25-21-41-83(95)84-42-22-26-46-96(84)112)50-52-92(100)109-91-51-49-79(111-93-43-23-19-39-81(93)82-40-20-24-44-94(82)111)65-99(91)113(104)101-63-77(108(7,8)9)64-102(114)103(101)109/h10-66H,1-9H3. The first-order valence-electron chi connectivity index (χ1n) is 40.3. The lowest BCUT2D eigenvalue weighted by Crippen LogP contribution is -2.61. The Morgan fingerprint density at radius 1 is 0.211 bits per heavy atom. The molecule has 22 rings (SSSR count). The van der Waals surface area contributed by atoms with Gasteiger partial charge in [-0.2, -0.15) is 0 Å². The van der Waals surface area contributed by atoms with Crippen LogP contribution in [0.4, 0.5) is 34.1 Å². The SMILES string of the molecule is CC(C)(C)c1cc(-c2ccccc2)c2c(c1)-c1cccc(c1)-c1ccc3c(c1)c1cc(ccc1n3-c1ccccc1)-c1cccc(c1)-c1cc(C(C)(C)C)cc(-c3ccccc3)c1N1c3cc(-n4c5ccccc5c5ccccc54)ccc3B3c4ccc(-n5c6ccccc6c6ccccc65)cc4N2c2cc(C(C)(C)C)cc1c23. The Kier molecular flexibility index (Phi) is 14.8. The summed E-state index contributed by atoms with van der Waals surface area (Å²) < 4.78 is 7.49. The Morgan fingerprint density at radius 2 is 0.518 bits per heavy atom. The highest BCUT2D eigenvalue weighted by atomic mass is 15.2. The van der Waals surface area contributed by atoms with Gasteiger partial charge < -0.3 is 23.5 Å². The maximum absolute atomic E-state index is 2.76. The van der Waals surface area contributed by atoms with Gasteiger partial charge in [0.2, 0.25) is 0 Å². The lowest BCUT2D eigenvalue weighted by atomic mass is 9.33. The molecule has 0 saturated carbocycles. The quantitative estimate of drug-likeness (QED) is 0.160. The zero-order valence-corrected chi connectivity index (χ0v) is 65.7. The zero-order chi connectivity index (χ0) is 76.8. The van der Waals surface area contributed by atoms with Gasteiger partial charge in [-0.05, 0) is 227 Å². The molecule has 0 aliphatic carbocycles. The third-order valence-electron chi connectivity index (χ3n) is 24.9. The fourth-order valence-corrected chi connectivity index (χ4v) is 19.3. The van der Waals surface area contributed by atoms with Gasteiger partial charge in [0.1, 0.15) is 0 Å². The van der Waals surface area contributed by atoms with Crippen LogP contribution in [0.25, 0.3) is 149 Å². The molecule has 0 unspecified atom stereocenters. The van der Waals surface area contributed by atoms with Crippen molar-refractivity contribution >= 4 is 123 Å². The van der Waals surface area contributed by atoms with Crippen molar-refractivity contribution in [3.05, 3.63) is 362 Å². The first-order valence-corrected chi connectivity index (χ1v) is 40.3. The van der Waals surface area contributed by atoms with Crippen LogP contribution in [0, 0.1) is 0 Å². The molecular weight excluding hydrogens is 1380 g/mol. The summed E-state index contributed by atoms with van der Waals surface area (Å²) in [6.45, 7) is 21.2. The van der Waals surface area contributed by atoms with Crippen LogP contribution in [-0.4, -0.2) is 20.4 Å². The van der Waals surface area contributed by atoms with Crippen LogP contribution in [0.5, 0.6) is 0 Å². The highest BCUT2D eigenvalue weighted by Gasteiger charge is 2.47. The fourth-order valence-electron chi connectivity index (χ4n) is 19.3. The number of fused-ring (bicyclic) bond motifs is 26. The Balaban J connectivity index is 0.953. The van der Waals surface area contributed by atoms with E-state index >= 15 is 0 Å². The van der Waals surface area contributed by atoms with Gasteiger partial charge in [0, 0.05) is 94.4 Å². The van der Waals surface area contributed by atoms with E-state index in [0.29, 0.717) is 0 Å². The highest BCUT2D eigenvalue weighted by Crippen LogP contribution is 2.57. The number of hydrogen-bond donors (Lipinski definition) is 0. The molecular formula is C108H84BN5. The van der Waals surface area contributed by atoms with Crippen molar-refractivity contribution in [1.29, 1.82) is 0 Å². The van der Waals surface area contributed by atoms with Crippen LogP contribution in [0.15, 0.2) is 346 Å². The van der Waals surface area contributed by atoms with Crippen molar-refractivity contribution in [1.82, 2.24) is 13.7 Å². The minimum absolute atomic E-state index is 0.257. The van der Waals surface area contributed by atoms with Crippen molar-refractivity contribution in [2.45, 2.75) is 78.6 Å². The van der Waals surface area contributed by atoms with Crippen molar-refractivity contribution < 1.29 is 0 Å². The van der Waals surface area contributed by atoms with E-state index < -0.39 is 0 Å². The summed E-state index contributed by atoms with van der Waals surface area (Å²) in [7, 11) is 0. The molecule has 3 aliphatic heterocycles. The van der Waals surface area contributed by atoms with Gasteiger partial charge in [-0.15, -0.1) is 0 Å². The average Bonchev–Trinajstić information content (AvgIpc) is 0.807. The second kappa shape index (κ2) is 25.0. The summed E-state index contributed by atoms with van der Waals surface area (Å²) in [4.78, 5) is 5.53. The number of aromatic nitrogens is 3. The largest absolute Gasteiger partial charge is 0.310 e. The summed E-state index contributed by atoms with van der Waals surface area (Å²) in [5.41, 5.74) is 37.4. The molecule has 19 aromatic rings. The molecule has 3 aromatic heterocycles. The summed E-state index contributed by atoms with van der Waals surface area (Å²) in [5, 5.41) is 7.29. The smallest absolute Gasteiger partial charge is 0.252 e. The van der Waals surface area contributed by atoms with E-state index in [2.05, 4.69) is 432 Å². The van der Waals surface area contributed by atoms with Gasteiger partial charge in [-0.1, -0.05) is 275 Å². The molecule has 0 fully saturated rings. The fraction of sp³-hybridized carbons (Fsp3) is 0.111. The molecule has 544 valence electrons. The van der Waals surface area contributed by atoms with E-state index in [4.69, 9.17) is 0 Å². The third-order valence-corrected chi connectivity index (χ3v) is 24.9. The normalized spacial score (nSPS) is 13.1. The van der Waals surface area contributed by atoms with Crippen LogP contribution in [-0.2, 0) is 16.2 Å². The predicted octanol–water partition coefficient (Wildman–Crippen LogP) is 27.3. The average molecular weight is 1460 g/mol. The number of nitrogens with zero attached hydrogens (tertiary/aromatic N) is 5. The lowest BCUT2D eigenvalue weighted by Gasteiger charge is -2.47. The number of benzene rings is 16. The summed E-state index contributed by atoms with van der Waals surface area (Å²) in [6.07, 6.45) is 0. The molecule has 114 heavy (non-hydrogen) atoms. The Morgan fingerprint density at radius 3 is 0.904 bits per heavy atom. The summed E-state index contributed by atoms with van der Waals surface area (Å²) in [6, 6.07) is 133. The first-order chi connectivity index (χ1) is 55.4. The van der Waals surface area contributed by atoms with E-state index in [1.807, 2.05) is 0 Å². The van der Waals surface area contributed by atoms with Crippen molar-refractivity contribution in [3.63, 3.8) is 0 Å². The monoisotopic (exact) mass is 1460 g/mol. The predicted molar refractivity (Wildman–Crippen MR) is 486 cm³/mol.